The predicted molar refractivity (Wildman–Crippen MR) is 71.3 cm³/mol. The minimum Gasteiger partial charge on any atom is -0.357 e. The van der Waals surface area contributed by atoms with Crippen molar-refractivity contribution < 1.29 is 4.79 Å². The highest BCUT2D eigenvalue weighted by atomic mass is 16.1. The molecule has 3 nitrogen and oxygen atoms in total. The molecule has 1 aromatic rings. The number of aromatic nitrogens is 1. The summed E-state index contributed by atoms with van der Waals surface area (Å²) in [6.45, 7) is 9.23. The first kappa shape index (κ1) is 14.0. The third-order valence-electron chi connectivity index (χ3n) is 3.46. The van der Waals surface area contributed by atoms with Crippen molar-refractivity contribution in [2.24, 2.45) is 12.5 Å². The molecular weight excluding hydrogens is 212 g/mol. The van der Waals surface area contributed by atoms with Gasteiger partial charge in [0.25, 0.3) is 0 Å². The maximum absolute atomic E-state index is 12.0. The Morgan fingerprint density at radius 3 is 2.47 bits per heavy atom. The lowest BCUT2D eigenvalue weighted by Gasteiger charge is -2.34. The molecule has 0 aliphatic rings. The van der Waals surface area contributed by atoms with Crippen LogP contribution in [0.15, 0.2) is 18.5 Å². The van der Waals surface area contributed by atoms with Crippen LogP contribution >= 0.6 is 0 Å². The molecule has 0 aliphatic heterocycles. The molecule has 17 heavy (non-hydrogen) atoms. The van der Waals surface area contributed by atoms with Crippen LogP contribution in [-0.2, 0) is 7.05 Å². The van der Waals surface area contributed by atoms with Crippen molar-refractivity contribution in [1.82, 2.24) is 9.47 Å². The minimum atomic E-state index is 0.184. The van der Waals surface area contributed by atoms with Crippen molar-refractivity contribution in [2.75, 3.05) is 13.6 Å². The SMILES string of the molecule is CC(N(C)CC(=O)c1ccn(C)c1)C(C)(C)C. The van der Waals surface area contributed by atoms with Crippen LogP contribution in [0.5, 0.6) is 0 Å². The Kier molecular flexibility index (Phi) is 4.15. The van der Waals surface area contributed by atoms with Gasteiger partial charge in [-0.2, -0.15) is 0 Å². The van der Waals surface area contributed by atoms with Crippen LogP contribution in [-0.4, -0.2) is 34.9 Å². The summed E-state index contributed by atoms with van der Waals surface area (Å²) in [5.74, 6) is 0.184. The molecule has 1 aromatic heterocycles. The second-order valence-corrected chi connectivity index (χ2v) is 5.95. The van der Waals surface area contributed by atoms with E-state index < -0.39 is 0 Å². The molecule has 0 amide bonds. The van der Waals surface area contributed by atoms with Gasteiger partial charge >= 0.3 is 0 Å². The quantitative estimate of drug-likeness (QED) is 0.751. The molecule has 0 saturated heterocycles. The number of rotatable bonds is 4. The van der Waals surface area contributed by atoms with Crippen molar-refractivity contribution >= 4 is 5.78 Å². The molecule has 1 unspecified atom stereocenters. The van der Waals surface area contributed by atoms with E-state index in [9.17, 15) is 4.79 Å². The van der Waals surface area contributed by atoms with E-state index >= 15 is 0 Å². The molecule has 96 valence electrons. The number of carbonyl (C=O) groups excluding carboxylic acids is 1. The summed E-state index contributed by atoms with van der Waals surface area (Å²) in [6, 6.07) is 2.24. The van der Waals surface area contributed by atoms with E-state index in [2.05, 4.69) is 32.6 Å². The number of ketones is 1. The molecule has 0 saturated carbocycles. The average Bonchev–Trinajstić information content (AvgIpc) is 2.62. The summed E-state index contributed by atoms with van der Waals surface area (Å²) >= 11 is 0. The van der Waals surface area contributed by atoms with E-state index in [0.29, 0.717) is 12.6 Å². The number of likely N-dealkylation sites (N-methyl/N-ethyl adjacent to an activating group) is 1. The zero-order chi connectivity index (χ0) is 13.2. The van der Waals surface area contributed by atoms with Crippen molar-refractivity contribution in [1.29, 1.82) is 0 Å². The molecule has 0 N–H and O–H groups in total. The van der Waals surface area contributed by atoms with Gasteiger partial charge in [0, 0.05) is 31.0 Å². The Balaban J connectivity index is 2.63. The first-order chi connectivity index (χ1) is 7.71. The fourth-order valence-corrected chi connectivity index (χ4v) is 1.78. The third kappa shape index (κ3) is 3.70. The lowest BCUT2D eigenvalue weighted by molar-refractivity contribution is 0.0853. The lowest BCUT2D eigenvalue weighted by atomic mass is 9.87. The van der Waals surface area contributed by atoms with E-state index in [-0.39, 0.29) is 11.2 Å². The summed E-state index contributed by atoms with van der Waals surface area (Å²) in [5.41, 5.74) is 0.978. The largest absolute Gasteiger partial charge is 0.357 e. The van der Waals surface area contributed by atoms with Crippen LogP contribution in [0.25, 0.3) is 0 Å². The first-order valence-corrected chi connectivity index (χ1v) is 6.07. The predicted octanol–water partition coefficient (Wildman–Crippen LogP) is 2.57. The Bertz CT molecular complexity index is 387. The number of hydrogen-bond acceptors (Lipinski definition) is 2. The second-order valence-electron chi connectivity index (χ2n) is 5.95. The number of Topliss-reactive ketones (excluding diaryl/α,β-unsaturated/α-hetero) is 1. The van der Waals surface area contributed by atoms with Gasteiger partial charge in [-0.3, -0.25) is 9.69 Å². The van der Waals surface area contributed by atoms with Gasteiger partial charge in [-0.25, -0.2) is 0 Å². The molecule has 3 heteroatoms. The molecule has 0 aromatic carbocycles. The van der Waals surface area contributed by atoms with Gasteiger partial charge < -0.3 is 4.57 Å². The summed E-state index contributed by atoms with van der Waals surface area (Å²) in [4.78, 5) is 14.2. The Hall–Kier alpha value is -1.09. The summed E-state index contributed by atoms with van der Waals surface area (Å²) in [6.07, 6.45) is 3.78. The molecule has 1 atom stereocenters. The fraction of sp³-hybridized carbons (Fsp3) is 0.643. The highest BCUT2D eigenvalue weighted by molar-refractivity contribution is 5.97. The third-order valence-corrected chi connectivity index (χ3v) is 3.46. The van der Waals surface area contributed by atoms with Crippen LogP contribution in [0.2, 0.25) is 0 Å². The van der Waals surface area contributed by atoms with E-state index in [1.807, 2.05) is 37.1 Å². The van der Waals surface area contributed by atoms with E-state index in [0.717, 1.165) is 5.56 Å². The number of carbonyl (C=O) groups is 1. The van der Waals surface area contributed by atoms with Crippen LogP contribution in [0.1, 0.15) is 38.1 Å². The van der Waals surface area contributed by atoms with Gasteiger partial charge in [0.05, 0.1) is 6.54 Å². The average molecular weight is 236 g/mol. The van der Waals surface area contributed by atoms with Crippen molar-refractivity contribution in [3.63, 3.8) is 0 Å². The monoisotopic (exact) mass is 236 g/mol. The van der Waals surface area contributed by atoms with E-state index in [4.69, 9.17) is 0 Å². The molecule has 1 rings (SSSR count). The van der Waals surface area contributed by atoms with Gasteiger partial charge in [0.15, 0.2) is 5.78 Å². The van der Waals surface area contributed by atoms with Crippen molar-refractivity contribution in [3.05, 3.63) is 24.0 Å². The van der Waals surface area contributed by atoms with Crippen molar-refractivity contribution in [2.45, 2.75) is 33.7 Å². The molecule has 0 fully saturated rings. The van der Waals surface area contributed by atoms with Crippen molar-refractivity contribution in [3.8, 4) is 0 Å². The van der Waals surface area contributed by atoms with Crippen LogP contribution in [0.3, 0.4) is 0 Å². The van der Waals surface area contributed by atoms with Gasteiger partial charge in [-0.05, 0) is 25.5 Å². The summed E-state index contributed by atoms with van der Waals surface area (Å²) < 4.78 is 1.90. The highest BCUT2D eigenvalue weighted by Crippen LogP contribution is 2.23. The normalized spacial score (nSPS) is 14.1. The zero-order valence-corrected chi connectivity index (χ0v) is 11.8. The smallest absolute Gasteiger partial charge is 0.178 e. The first-order valence-electron chi connectivity index (χ1n) is 6.07. The fourth-order valence-electron chi connectivity index (χ4n) is 1.78. The van der Waals surface area contributed by atoms with Gasteiger partial charge in [-0.1, -0.05) is 20.8 Å². The summed E-state index contributed by atoms with van der Waals surface area (Å²) in [7, 11) is 3.94. The standard InChI is InChI=1S/C14H24N2O/c1-11(14(2,3)4)16(6)10-13(17)12-7-8-15(5)9-12/h7-9,11H,10H2,1-6H3. The maximum Gasteiger partial charge on any atom is 0.178 e. The van der Waals surface area contributed by atoms with Gasteiger partial charge in [0.1, 0.15) is 0 Å². The zero-order valence-electron chi connectivity index (χ0n) is 11.8. The molecule has 0 spiro atoms. The minimum absolute atomic E-state index is 0.184. The number of nitrogens with zero attached hydrogens (tertiary/aromatic N) is 2. The van der Waals surface area contributed by atoms with Crippen LogP contribution < -0.4 is 0 Å². The topological polar surface area (TPSA) is 25.2 Å². The maximum atomic E-state index is 12.0. The Morgan fingerprint density at radius 1 is 1.47 bits per heavy atom. The Labute approximate surface area is 104 Å². The van der Waals surface area contributed by atoms with Crippen LogP contribution in [0, 0.1) is 5.41 Å². The van der Waals surface area contributed by atoms with E-state index in [1.165, 1.54) is 0 Å². The molecule has 0 radical (unpaired) electrons. The molecule has 0 bridgehead atoms. The van der Waals surface area contributed by atoms with Gasteiger partial charge in [-0.15, -0.1) is 0 Å². The second kappa shape index (κ2) is 5.05. The Morgan fingerprint density at radius 2 is 2.06 bits per heavy atom. The lowest BCUT2D eigenvalue weighted by Crippen LogP contribution is -2.41. The molecule has 0 aliphatic carbocycles. The highest BCUT2D eigenvalue weighted by Gasteiger charge is 2.25. The molecular formula is C14H24N2O. The number of hydrogen-bond donors (Lipinski definition) is 0. The number of aryl methyl sites for hydroxylation is 1. The van der Waals surface area contributed by atoms with E-state index in [1.54, 1.807) is 0 Å². The molecule has 1 heterocycles. The summed E-state index contributed by atoms with van der Waals surface area (Å²) in [5, 5.41) is 0. The van der Waals surface area contributed by atoms with Crippen LogP contribution in [0.4, 0.5) is 0 Å². The van der Waals surface area contributed by atoms with Gasteiger partial charge in [0.2, 0.25) is 0 Å².